The van der Waals surface area contributed by atoms with Gasteiger partial charge in [0.15, 0.2) is 11.5 Å². The van der Waals surface area contributed by atoms with Gasteiger partial charge in [0.1, 0.15) is 11.4 Å². The second-order valence-electron chi connectivity index (χ2n) is 5.58. The van der Waals surface area contributed by atoms with E-state index in [-0.39, 0.29) is 10.6 Å². The summed E-state index contributed by atoms with van der Waals surface area (Å²) in [6, 6.07) is 9.54. The summed E-state index contributed by atoms with van der Waals surface area (Å²) in [6.07, 6.45) is 1.43. The molecule has 2 aromatic carbocycles. The molecule has 0 atom stereocenters. The van der Waals surface area contributed by atoms with Gasteiger partial charge in [-0.05, 0) is 30.3 Å². The van der Waals surface area contributed by atoms with Crippen LogP contribution in [-0.2, 0) is 10.0 Å². The van der Waals surface area contributed by atoms with Crippen LogP contribution in [0.15, 0.2) is 46.3 Å². The van der Waals surface area contributed by atoms with E-state index in [1.165, 1.54) is 36.9 Å². The molecule has 27 heavy (non-hydrogen) atoms. The zero-order valence-electron chi connectivity index (χ0n) is 15.8. The molecule has 0 saturated heterocycles. The Labute approximate surface area is 159 Å². The maximum Gasteiger partial charge on any atom is 0.243 e. The van der Waals surface area contributed by atoms with Crippen molar-refractivity contribution in [3.8, 4) is 17.2 Å². The minimum Gasteiger partial charge on any atom is -0.504 e. The molecule has 0 saturated carbocycles. The van der Waals surface area contributed by atoms with Crippen LogP contribution in [0.4, 0.5) is 5.69 Å². The van der Waals surface area contributed by atoms with Crippen molar-refractivity contribution in [2.45, 2.75) is 18.7 Å². The van der Waals surface area contributed by atoms with Crippen LogP contribution in [0.25, 0.3) is 0 Å². The number of nitrogens with zero attached hydrogens (tertiary/aromatic N) is 2. The average Bonchev–Trinajstić information content (AvgIpc) is 2.67. The van der Waals surface area contributed by atoms with Gasteiger partial charge in [-0.25, -0.2) is 8.42 Å². The van der Waals surface area contributed by atoms with Crippen molar-refractivity contribution in [2.75, 3.05) is 27.3 Å². The summed E-state index contributed by atoms with van der Waals surface area (Å²) in [5.74, 6) is 0.700. The SMILES string of the molecule is CCN(CC)S(=O)(=O)c1ccc(OC)c(N=Cc2cccc(OC)c2O)c1. The number of hydrogen-bond donors (Lipinski definition) is 1. The molecule has 8 heteroatoms. The molecule has 1 N–H and O–H groups in total. The van der Waals surface area contributed by atoms with Gasteiger partial charge in [0.2, 0.25) is 10.0 Å². The number of benzene rings is 2. The van der Waals surface area contributed by atoms with Gasteiger partial charge in [-0.15, -0.1) is 0 Å². The number of aromatic hydroxyl groups is 1. The van der Waals surface area contributed by atoms with Gasteiger partial charge < -0.3 is 14.6 Å². The molecule has 0 bridgehead atoms. The molecule has 0 unspecified atom stereocenters. The zero-order valence-corrected chi connectivity index (χ0v) is 16.7. The molecule has 0 spiro atoms. The first-order valence-electron chi connectivity index (χ1n) is 8.47. The Kier molecular flexibility index (Phi) is 6.81. The van der Waals surface area contributed by atoms with Crippen molar-refractivity contribution < 1.29 is 23.0 Å². The Hall–Kier alpha value is -2.58. The van der Waals surface area contributed by atoms with E-state index in [0.29, 0.717) is 35.8 Å². The van der Waals surface area contributed by atoms with Gasteiger partial charge >= 0.3 is 0 Å². The summed E-state index contributed by atoms with van der Waals surface area (Å²) in [7, 11) is -0.675. The Morgan fingerprint density at radius 3 is 2.33 bits per heavy atom. The molecule has 0 fully saturated rings. The van der Waals surface area contributed by atoms with Crippen molar-refractivity contribution in [3.63, 3.8) is 0 Å². The largest absolute Gasteiger partial charge is 0.504 e. The van der Waals surface area contributed by atoms with Crippen LogP contribution in [-0.4, -0.2) is 51.4 Å². The van der Waals surface area contributed by atoms with Crippen LogP contribution in [0.5, 0.6) is 17.2 Å². The van der Waals surface area contributed by atoms with Gasteiger partial charge in [-0.3, -0.25) is 4.99 Å². The Balaban J connectivity index is 2.48. The van der Waals surface area contributed by atoms with Crippen molar-refractivity contribution in [3.05, 3.63) is 42.0 Å². The van der Waals surface area contributed by atoms with Gasteiger partial charge in [0, 0.05) is 24.9 Å². The lowest BCUT2D eigenvalue weighted by Crippen LogP contribution is -2.30. The van der Waals surface area contributed by atoms with Crippen molar-refractivity contribution >= 4 is 21.9 Å². The van der Waals surface area contributed by atoms with Crippen LogP contribution in [0.2, 0.25) is 0 Å². The summed E-state index contributed by atoms with van der Waals surface area (Å²) in [5, 5.41) is 10.2. The molecule has 0 aromatic heterocycles. The lowest BCUT2D eigenvalue weighted by molar-refractivity contribution is 0.373. The van der Waals surface area contributed by atoms with E-state index in [1.807, 2.05) is 0 Å². The summed E-state index contributed by atoms with van der Waals surface area (Å²) in [6.45, 7) is 4.33. The molecule has 0 aliphatic heterocycles. The number of rotatable bonds is 8. The van der Waals surface area contributed by atoms with Gasteiger partial charge in [0.25, 0.3) is 0 Å². The Morgan fingerprint density at radius 1 is 1.07 bits per heavy atom. The number of ether oxygens (including phenoxy) is 2. The first kappa shape index (κ1) is 20.7. The van der Waals surface area contributed by atoms with Crippen LogP contribution in [0, 0.1) is 0 Å². The molecular weight excluding hydrogens is 368 g/mol. The van der Waals surface area contributed by atoms with E-state index in [2.05, 4.69) is 4.99 Å². The number of sulfonamides is 1. The van der Waals surface area contributed by atoms with Crippen LogP contribution in [0.1, 0.15) is 19.4 Å². The molecular formula is C19H24N2O5S. The maximum absolute atomic E-state index is 12.7. The number of phenolic OH excluding ortho intramolecular Hbond substituents is 1. The maximum atomic E-state index is 12.7. The predicted molar refractivity (Wildman–Crippen MR) is 105 cm³/mol. The molecule has 0 heterocycles. The Bertz CT molecular complexity index is 922. The fraction of sp³-hybridized carbons (Fsp3) is 0.316. The molecule has 2 rings (SSSR count). The lowest BCUT2D eigenvalue weighted by Gasteiger charge is -2.19. The van der Waals surface area contributed by atoms with Gasteiger partial charge in [0.05, 0.1) is 19.1 Å². The molecule has 0 amide bonds. The minimum absolute atomic E-state index is 0.0466. The second-order valence-corrected chi connectivity index (χ2v) is 7.52. The first-order chi connectivity index (χ1) is 12.9. The highest BCUT2D eigenvalue weighted by Crippen LogP contribution is 2.33. The summed E-state index contributed by atoms with van der Waals surface area (Å²) in [4.78, 5) is 4.45. The van der Waals surface area contributed by atoms with Crippen molar-refractivity contribution in [1.29, 1.82) is 0 Å². The summed E-state index contributed by atoms with van der Waals surface area (Å²) in [5.41, 5.74) is 0.779. The van der Waals surface area contributed by atoms with E-state index in [4.69, 9.17) is 9.47 Å². The van der Waals surface area contributed by atoms with E-state index < -0.39 is 10.0 Å². The molecule has 0 aliphatic rings. The molecule has 7 nitrogen and oxygen atoms in total. The number of phenols is 1. The number of hydrogen-bond acceptors (Lipinski definition) is 6. The minimum atomic E-state index is -3.62. The number of aliphatic imine (C=N–C) groups is 1. The third-order valence-corrected chi connectivity index (χ3v) is 6.13. The Morgan fingerprint density at radius 2 is 1.74 bits per heavy atom. The molecule has 0 aliphatic carbocycles. The highest BCUT2D eigenvalue weighted by molar-refractivity contribution is 7.89. The van der Waals surface area contributed by atoms with Crippen LogP contribution in [0.3, 0.4) is 0 Å². The van der Waals surface area contributed by atoms with Gasteiger partial charge in [-0.2, -0.15) is 4.31 Å². The van der Waals surface area contributed by atoms with E-state index in [1.54, 1.807) is 38.1 Å². The fourth-order valence-corrected chi connectivity index (χ4v) is 4.07. The quantitative estimate of drug-likeness (QED) is 0.697. The number of para-hydroxylation sites is 1. The average molecular weight is 392 g/mol. The number of methoxy groups -OCH3 is 2. The van der Waals surface area contributed by atoms with Gasteiger partial charge in [-0.1, -0.05) is 19.9 Å². The van der Waals surface area contributed by atoms with Crippen molar-refractivity contribution in [2.24, 2.45) is 4.99 Å². The van der Waals surface area contributed by atoms with Crippen LogP contribution < -0.4 is 9.47 Å². The monoisotopic (exact) mass is 392 g/mol. The van der Waals surface area contributed by atoms with Crippen LogP contribution >= 0.6 is 0 Å². The molecule has 0 radical (unpaired) electrons. The highest BCUT2D eigenvalue weighted by Gasteiger charge is 2.22. The van der Waals surface area contributed by atoms with E-state index in [0.717, 1.165) is 0 Å². The third kappa shape index (κ3) is 4.40. The second kappa shape index (κ2) is 8.88. The topological polar surface area (TPSA) is 88.4 Å². The normalized spacial score (nSPS) is 11.9. The predicted octanol–water partition coefficient (Wildman–Crippen LogP) is 3.19. The van der Waals surface area contributed by atoms with E-state index >= 15 is 0 Å². The zero-order chi connectivity index (χ0) is 20.0. The van der Waals surface area contributed by atoms with E-state index in [9.17, 15) is 13.5 Å². The standard InChI is InChI=1S/C19H24N2O5S/c1-5-21(6-2)27(23,24)15-10-11-17(25-3)16(12-15)20-13-14-8-7-9-18(26-4)19(14)22/h7-13,22H,5-6H2,1-4H3. The summed E-state index contributed by atoms with van der Waals surface area (Å²) < 4.78 is 37.2. The summed E-state index contributed by atoms with van der Waals surface area (Å²) >= 11 is 0. The molecule has 146 valence electrons. The molecule has 2 aromatic rings. The smallest absolute Gasteiger partial charge is 0.243 e. The third-order valence-electron chi connectivity index (χ3n) is 4.09. The van der Waals surface area contributed by atoms with Crippen molar-refractivity contribution in [1.82, 2.24) is 4.31 Å². The fourth-order valence-electron chi connectivity index (χ4n) is 2.59. The first-order valence-corrected chi connectivity index (χ1v) is 9.91. The lowest BCUT2D eigenvalue weighted by atomic mass is 10.2. The highest BCUT2D eigenvalue weighted by atomic mass is 32.2.